The van der Waals surface area contributed by atoms with Gasteiger partial charge in [-0.3, -0.25) is 4.79 Å². The van der Waals surface area contributed by atoms with Crippen LogP contribution in [0.1, 0.15) is 29.8 Å². The van der Waals surface area contributed by atoms with Gasteiger partial charge in [-0.2, -0.15) is 0 Å². The summed E-state index contributed by atoms with van der Waals surface area (Å²) in [5.41, 5.74) is 5.82. The summed E-state index contributed by atoms with van der Waals surface area (Å²) in [5, 5.41) is 17.1. The van der Waals surface area contributed by atoms with Crippen LogP contribution in [0, 0.1) is 11.5 Å². The van der Waals surface area contributed by atoms with Crippen LogP contribution in [0.2, 0.25) is 19.6 Å². The van der Waals surface area contributed by atoms with E-state index in [1.165, 1.54) is 0 Å². The SMILES string of the molecule is CC(C)NC(=O)c1ccc(Nc2ncc3cc(C#C[Si](C)(C)C)c(O)cc3n2)cc1. The van der Waals surface area contributed by atoms with Crippen LogP contribution in [0.15, 0.2) is 42.6 Å². The van der Waals surface area contributed by atoms with Gasteiger partial charge >= 0.3 is 0 Å². The van der Waals surface area contributed by atoms with Gasteiger partial charge in [-0.25, -0.2) is 9.97 Å². The van der Waals surface area contributed by atoms with Gasteiger partial charge in [-0.05, 0) is 44.2 Å². The van der Waals surface area contributed by atoms with Gasteiger partial charge in [-0.1, -0.05) is 25.6 Å². The molecule has 30 heavy (non-hydrogen) atoms. The van der Waals surface area contributed by atoms with E-state index in [2.05, 4.69) is 51.7 Å². The molecule has 154 valence electrons. The minimum absolute atomic E-state index is 0.0831. The summed E-state index contributed by atoms with van der Waals surface area (Å²) in [4.78, 5) is 20.9. The van der Waals surface area contributed by atoms with Crippen LogP contribution in [0.4, 0.5) is 11.6 Å². The highest BCUT2D eigenvalue weighted by molar-refractivity contribution is 6.83. The van der Waals surface area contributed by atoms with Crippen molar-refractivity contribution in [3.05, 3.63) is 53.7 Å². The number of fused-ring (bicyclic) bond motifs is 1. The van der Waals surface area contributed by atoms with Crippen LogP contribution in [0.25, 0.3) is 10.9 Å². The van der Waals surface area contributed by atoms with Crippen LogP contribution in [-0.4, -0.2) is 35.1 Å². The number of aromatic hydroxyl groups is 1. The van der Waals surface area contributed by atoms with E-state index in [0.29, 0.717) is 22.6 Å². The molecule has 0 bridgehead atoms. The first-order chi connectivity index (χ1) is 14.1. The molecule has 0 spiro atoms. The Morgan fingerprint density at radius 1 is 1.13 bits per heavy atom. The smallest absolute Gasteiger partial charge is 0.251 e. The summed E-state index contributed by atoms with van der Waals surface area (Å²) in [7, 11) is -1.54. The van der Waals surface area contributed by atoms with Crippen LogP contribution < -0.4 is 10.6 Å². The largest absolute Gasteiger partial charge is 0.507 e. The fourth-order valence-electron chi connectivity index (χ4n) is 2.66. The molecule has 3 aromatic rings. The number of rotatable bonds is 4. The summed E-state index contributed by atoms with van der Waals surface area (Å²) in [5.74, 6) is 3.49. The lowest BCUT2D eigenvalue weighted by atomic mass is 10.1. The highest BCUT2D eigenvalue weighted by atomic mass is 28.3. The topological polar surface area (TPSA) is 87.1 Å². The highest BCUT2D eigenvalue weighted by Gasteiger charge is 2.10. The second-order valence-corrected chi connectivity index (χ2v) is 13.2. The predicted molar refractivity (Wildman–Crippen MR) is 124 cm³/mol. The number of aromatic nitrogens is 2. The molecule has 1 amide bonds. The molecule has 0 aliphatic heterocycles. The first-order valence-corrected chi connectivity index (χ1v) is 13.3. The molecule has 0 radical (unpaired) electrons. The molecule has 0 saturated heterocycles. The van der Waals surface area contributed by atoms with E-state index < -0.39 is 8.07 Å². The predicted octanol–water partition coefficient (Wildman–Crippen LogP) is 4.45. The zero-order chi connectivity index (χ0) is 21.9. The summed E-state index contributed by atoms with van der Waals surface area (Å²) < 4.78 is 0. The number of nitrogens with one attached hydrogen (secondary N) is 2. The number of benzene rings is 2. The molecule has 2 aromatic carbocycles. The van der Waals surface area contributed by atoms with Gasteiger partial charge in [0.25, 0.3) is 5.91 Å². The van der Waals surface area contributed by atoms with E-state index in [0.717, 1.165) is 11.1 Å². The van der Waals surface area contributed by atoms with Crippen LogP contribution >= 0.6 is 0 Å². The number of hydrogen-bond acceptors (Lipinski definition) is 5. The third kappa shape index (κ3) is 5.58. The molecule has 0 unspecified atom stereocenters. The minimum atomic E-state index is -1.54. The molecule has 3 rings (SSSR count). The van der Waals surface area contributed by atoms with Gasteiger partial charge < -0.3 is 15.7 Å². The van der Waals surface area contributed by atoms with E-state index >= 15 is 0 Å². The van der Waals surface area contributed by atoms with E-state index in [1.807, 2.05) is 19.9 Å². The molecular weight excluding hydrogens is 392 g/mol. The highest BCUT2D eigenvalue weighted by Crippen LogP contribution is 2.24. The summed E-state index contributed by atoms with van der Waals surface area (Å²) in [6.45, 7) is 10.3. The fraction of sp³-hybridized carbons (Fsp3) is 0.261. The second-order valence-electron chi connectivity index (χ2n) is 8.45. The lowest BCUT2D eigenvalue weighted by Gasteiger charge is -2.10. The third-order valence-corrected chi connectivity index (χ3v) is 4.97. The quantitative estimate of drug-likeness (QED) is 0.430. The molecule has 0 saturated carbocycles. The standard InChI is InChI=1S/C23H26N4O2Si/c1-15(2)25-22(29)16-6-8-19(9-7-16)26-23-24-14-18-12-17(10-11-30(3,4)5)21(28)13-20(18)27-23/h6-9,12-15,28H,1-5H3,(H,25,29)(H,24,26,27). The second kappa shape index (κ2) is 8.55. The molecule has 3 N–H and O–H groups in total. The number of carbonyl (C=O) groups excluding carboxylic acids is 1. The first kappa shape index (κ1) is 21.3. The molecule has 7 heteroatoms. The Balaban J connectivity index is 1.80. The molecule has 0 fully saturated rings. The summed E-state index contributed by atoms with van der Waals surface area (Å²) >= 11 is 0. The summed E-state index contributed by atoms with van der Waals surface area (Å²) in [6.07, 6.45) is 1.70. The Morgan fingerprint density at radius 3 is 2.47 bits per heavy atom. The van der Waals surface area contributed by atoms with Crippen molar-refractivity contribution < 1.29 is 9.90 Å². The maximum Gasteiger partial charge on any atom is 0.251 e. The zero-order valence-electron chi connectivity index (χ0n) is 17.9. The van der Waals surface area contributed by atoms with Crippen molar-refractivity contribution in [3.63, 3.8) is 0 Å². The van der Waals surface area contributed by atoms with Gasteiger partial charge in [0.1, 0.15) is 13.8 Å². The number of anilines is 2. The van der Waals surface area contributed by atoms with Gasteiger partial charge in [0.15, 0.2) is 0 Å². The average Bonchev–Trinajstić information content (AvgIpc) is 2.65. The summed E-state index contributed by atoms with van der Waals surface area (Å²) in [6, 6.07) is 10.6. The Morgan fingerprint density at radius 2 is 1.83 bits per heavy atom. The number of carbonyl (C=O) groups is 1. The lowest BCUT2D eigenvalue weighted by molar-refractivity contribution is 0.0943. The molecule has 0 aliphatic carbocycles. The molecule has 0 atom stereocenters. The number of phenolic OH excluding ortho intramolecular Hbond substituents is 1. The first-order valence-electron chi connectivity index (χ1n) is 9.81. The van der Waals surface area contributed by atoms with Gasteiger partial charge in [0.2, 0.25) is 5.95 Å². The minimum Gasteiger partial charge on any atom is -0.507 e. The van der Waals surface area contributed by atoms with Crippen LogP contribution in [0.3, 0.4) is 0 Å². The Bertz CT molecular complexity index is 1140. The maximum atomic E-state index is 12.0. The van der Waals surface area contributed by atoms with Crippen molar-refractivity contribution in [2.75, 3.05) is 5.32 Å². The van der Waals surface area contributed by atoms with Crippen molar-refractivity contribution in [2.45, 2.75) is 39.5 Å². The molecule has 0 aliphatic rings. The molecule has 6 nitrogen and oxygen atoms in total. The van der Waals surface area contributed by atoms with Crippen molar-refractivity contribution in [1.29, 1.82) is 0 Å². The molecular formula is C23H26N4O2Si. The number of phenols is 1. The Labute approximate surface area is 177 Å². The normalized spacial score (nSPS) is 11.1. The molecule has 1 aromatic heterocycles. The third-order valence-electron chi connectivity index (χ3n) is 4.09. The van der Waals surface area contributed by atoms with Crippen molar-refractivity contribution in [2.24, 2.45) is 0 Å². The number of amides is 1. The van der Waals surface area contributed by atoms with Gasteiger partial charge in [0, 0.05) is 34.9 Å². The average molecular weight is 419 g/mol. The van der Waals surface area contributed by atoms with Crippen LogP contribution in [0.5, 0.6) is 5.75 Å². The maximum absolute atomic E-state index is 12.0. The van der Waals surface area contributed by atoms with E-state index in [9.17, 15) is 9.90 Å². The Kier molecular flexibility index (Phi) is 6.08. The van der Waals surface area contributed by atoms with E-state index in [4.69, 9.17) is 0 Å². The van der Waals surface area contributed by atoms with Gasteiger partial charge in [0.05, 0.1) is 11.1 Å². The number of nitrogens with zero attached hydrogens (tertiary/aromatic N) is 2. The van der Waals surface area contributed by atoms with Crippen molar-refractivity contribution >= 4 is 36.5 Å². The zero-order valence-corrected chi connectivity index (χ0v) is 18.9. The van der Waals surface area contributed by atoms with E-state index in [-0.39, 0.29) is 17.7 Å². The van der Waals surface area contributed by atoms with Gasteiger partial charge in [-0.15, -0.1) is 5.54 Å². The van der Waals surface area contributed by atoms with Crippen molar-refractivity contribution in [1.82, 2.24) is 15.3 Å². The fourth-order valence-corrected chi connectivity index (χ4v) is 3.17. The lowest BCUT2D eigenvalue weighted by Crippen LogP contribution is -2.29. The Hall–Kier alpha value is -3.37. The number of hydrogen-bond donors (Lipinski definition) is 3. The van der Waals surface area contributed by atoms with Crippen molar-refractivity contribution in [3.8, 4) is 17.2 Å². The van der Waals surface area contributed by atoms with Crippen LogP contribution in [-0.2, 0) is 0 Å². The van der Waals surface area contributed by atoms with E-state index in [1.54, 1.807) is 36.5 Å². The monoisotopic (exact) mass is 418 g/mol. The molecule has 1 heterocycles.